The van der Waals surface area contributed by atoms with Gasteiger partial charge in [0.15, 0.2) is 0 Å². The first kappa shape index (κ1) is 18.2. The molecule has 8 heteroatoms. The van der Waals surface area contributed by atoms with Crippen LogP contribution in [0.25, 0.3) is 6.08 Å². The highest BCUT2D eigenvalue weighted by molar-refractivity contribution is 7.92. The number of nitrogens with zero attached hydrogens (tertiary/aromatic N) is 1. The standard InChI is InChI=1S/C16H21N3O4S/c17-15(20)12-18-16(21)14-6-9-19(10-7-14)24(22,23)11-8-13-4-2-1-3-5-13/h1-5,8,11,14H,6-7,9-10,12H2,(H2,17,20)(H,18,21)/b11-8+. The highest BCUT2D eigenvalue weighted by Crippen LogP contribution is 2.21. The summed E-state index contributed by atoms with van der Waals surface area (Å²) in [6.07, 6.45) is 2.40. The predicted octanol–water partition coefficient (Wildman–Crippen LogP) is 0.301. The Balaban J connectivity index is 1.90. The Labute approximate surface area is 141 Å². The molecule has 1 saturated heterocycles. The second-order valence-corrected chi connectivity index (χ2v) is 7.43. The number of primary amides is 1. The van der Waals surface area contributed by atoms with Gasteiger partial charge in [-0.05, 0) is 24.5 Å². The molecule has 1 aromatic rings. The van der Waals surface area contributed by atoms with Crippen LogP contribution in [-0.2, 0) is 19.6 Å². The maximum absolute atomic E-state index is 12.3. The number of hydrogen-bond donors (Lipinski definition) is 2. The number of nitrogens with one attached hydrogen (secondary N) is 1. The molecule has 0 bridgehead atoms. The van der Waals surface area contributed by atoms with Gasteiger partial charge < -0.3 is 11.1 Å². The fourth-order valence-corrected chi connectivity index (χ4v) is 3.73. The largest absolute Gasteiger partial charge is 0.368 e. The van der Waals surface area contributed by atoms with E-state index in [2.05, 4.69) is 5.32 Å². The Kier molecular flexibility index (Phi) is 6.10. The van der Waals surface area contributed by atoms with Gasteiger partial charge in [-0.2, -0.15) is 4.31 Å². The number of amides is 2. The second kappa shape index (κ2) is 8.07. The van der Waals surface area contributed by atoms with E-state index in [0.29, 0.717) is 12.8 Å². The van der Waals surface area contributed by atoms with Gasteiger partial charge in [-0.3, -0.25) is 9.59 Å². The van der Waals surface area contributed by atoms with Gasteiger partial charge in [-0.15, -0.1) is 0 Å². The van der Waals surface area contributed by atoms with E-state index in [9.17, 15) is 18.0 Å². The van der Waals surface area contributed by atoms with Crippen LogP contribution in [0.15, 0.2) is 35.7 Å². The molecule has 0 aromatic heterocycles. The van der Waals surface area contributed by atoms with Gasteiger partial charge in [0, 0.05) is 24.4 Å². The minimum Gasteiger partial charge on any atom is -0.368 e. The SMILES string of the molecule is NC(=O)CNC(=O)C1CCN(S(=O)(=O)/C=C/c2ccccc2)CC1. The van der Waals surface area contributed by atoms with Gasteiger partial charge >= 0.3 is 0 Å². The number of hydrogen-bond acceptors (Lipinski definition) is 4. The van der Waals surface area contributed by atoms with E-state index in [1.165, 1.54) is 9.71 Å². The summed E-state index contributed by atoms with van der Waals surface area (Å²) in [5.74, 6) is -1.16. The number of sulfonamides is 1. The van der Waals surface area contributed by atoms with E-state index in [1.54, 1.807) is 6.08 Å². The fourth-order valence-electron chi connectivity index (χ4n) is 2.51. The zero-order valence-electron chi connectivity index (χ0n) is 13.2. The lowest BCUT2D eigenvalue weighted by Crippen LogP contribution is -2.44. The zero-order valence-corrected chi connectivity index (χ0v) is 14.0. The van der Waals surface area contributed by atoms with Crippen molar-refractivity contribution in [1.29, 1.82) is 0 Å². The van der Waals surface area contributed by atoms with Crippen LogP contribution in [0.1, 0.15) is 18.4 Å². The predicted molar refractivity (Wildman–Crippen MR) is 90.9 cm³/mol. The number of carbonyl (C=O) groups is 2. The van der Waals surface area contributed by atoms with Crippen molar-refractivity contribution in [1.82, 2.24) is 9.62 Å². The van der Waals surface area contributed by atoms with Gasteiger partial charge in [0.05, 0.1) is 6.54 Å². The second-order valence-electron chi connectivity index (χ2n) is 5.62. The van der Waals surface area contributed by atoms with E-state index in [4.69, 9.17) is 5.73 Å². The minimum atomic E-state index is -3.51. The summed E-state index contributed by atoms with van der Waals surface area (Å²) in [5.41, 5.74) is 5.79. The van der Waals surface area contributed by atoms with E-state index >= 15 is 0 Å². The van der Waals surface area contributed by atoms with Gasteiger partial charge in [0.1, 0.15) is 0 Å². The molecular weight excluding hydrogens is 330 g/mol. The Morgan fingerprint density at radius 1 is 1.21 bits per heavy atom. The molecule has 1 aliphatic rings. The van der Waals surface area contributed by atoms with Crippen LogP contribution >= 0.6 is 0 Å². The number of nitrogens with two attached hydrogens (primary N) is 1. The van der Waals surface area contributed by atoms with Crippen molar-refractivity contribution < 1.29 is 18.0 Å². The molecule has 2 amide bonds. The van der Waals surface area contributed by atoms with Gasteiger partial charge in [0.25, 0.3) is 0 Å². The van der Waals surface area contributed by atoms with Gasteiger partial charge in [-0.1, -0.05) is 30.3 Å². The summed E-state index contributed by atoms with van der Waals surface area (Å²) in [5, 5.41) is 3.65. The van der Waals surface area contributed by atoms with E-state index in [-0.39, 0.29) is 31.5 Å². The normalized spacial score (nSPS) is 17.0. The van der Waals surface area contributed by atoms with Crippen LogP contribution in [0.4, 0.5) is 0 Å². The summed E-state index contributed by atoms with van der Waals surface area (Å²) >= 11 is 0. The topological polar surface area (TPSA) is 110 Å². The molecule has 7 nitrogen and oxygen atoms in total. The summed E-state index contributed by atoms with van der Waals surface area (Å²) in [6, 6.07) is 9.17. The molecule has 24 heavy (non-hydrogen) atoms. The highest BCUT2D eigenvalue weighted by Gasteiger charge is 2.29. The lowest BCUT2D eigenvalue weighted by Gasteiger charge is -2.29. The average molecular weight is 351 g/mol. The number of carbonyl (C=O) groups excluding carboxylic acids is 2. The molecule has 0 saturated carbocycles. The molecule has 0 atom stereocenters. The number of rotatable bonds is 6. The molecule has 1 aromatic carbocycles. The van der Waals surface area contributed by atoms with Crippen LogP contribution in [0, 0.1) is 5.92 Å². The summed E-state index contributed by atoms with van der Waals surface area (Å²) in [7, 11) is -3.51. The van der Waals surface area contributed by atoms with Crippen LogP contribution in [0.5, 0.6) is 0 Å². The summed E-state index contributed by atoms with van der Waals surface area (Å²) in [4.78, 5) is 22.5. The molecule has 130 valence electrons. The Bertz CT molecular complexity index is 708. The van der Waals surface area contributed by atoms with Crippen LogP contribution in [-0.4, -0.2) is 44.2 Å². The third-order valence-electron chi connectivity index (χ3n) is 3.85. The number of piperidine rings is 1. The Hall–Kier alpha value is -2.19. The maximum atomic E-state index is 12.3. The molecule has 0 aliphatic carbocycles. The van der Waals surface area contributed by atoms with Crippen molar-refractivity contribution in [2.45, 2.75) is 12.8 Å². The molecule has 1 fully saturated rings. The first-order valence-corrected chi connectivity index (χ1v) is 9.18. The fraction of sp³-hybridized carbons (Fsp3) is 0.375. The minimum absolute atomic E-state index is 0.197. The van der Waals surface area contributed by atoms with Crippen molar-refractivity contribution >= 4 is 27.9 Å². The number of benzene rings is 1. The van der Waals surface area contributed by atoms with Crippen molar-refractivity contribution in [3.05, 3.63) is 41.3 Å². The summed E-state index contributed by atoms with van der Waals surface area (Å²) in [6.45, 7) is 0.351. The van der Waals surface area contributed by atoms with Crippen LogP contribution < -0.4 is 11.1 Å². The Morgan fingerprint density at radius 3 is 2.42 bits per heavy atom. The lowest BCUT2D eigenvalue weighted by atomic mass is 9.97. The first-order valence-electron chi connectivity index (χ1n) is 7.68. The maximum Gasteiger partial charge on any atom is 0.236 e. The van der Waals surface area contributed by atoms with Crippen molar-refractivity contribution in [2.24, 2.45) is 11.7 Å². The molecule has 2 rings (SSSR count). The summed E-state index contributed by atoms with van der Waals surface area (Å²) < 4.78 is 26.0. The van der Waals surface area contributed by atoms with Crippen LogP contribution in [0.2, 0.25) is 0 Å². The van der Waals surface area contributed by atoms with Crippen LogP contribution in [0.3, 0.4) is 0 Å². The van der Waals surface area contributed by atoms with E-state index in [1.807, 2.05) is 30.3 Å². The lowest BCUT2D eigenvalue weighted by molar-refractivity contribution is -0.128. The third kappa shape index (κ3) is 5.17. The molecule has 0 spiro atoms. The molecule has 0 unspecified atom stereocenters. The molecule has 3 N–H and O–H groups in total. The molecular formula is C16H21N3O4S. The third-order valence-corrected chi connectivity index (χ3v) is 5.42. The smallest absolute Gasteiger partial charge is 0.236 e. The van der Waals surface area contributed by atoms with E-state index in [0.717, 1.165) is 5.56 Å². The zero-order chi connectivity index (χ0) is 17.6. The quantitative estimate of drug-likeness (QED) is 0.768. The van der Waals surface area contributed by atoms with Gasteiger partial charge in [-0.25, -0.2) is 8.42 Å². The van der Waals surface area contributed by atoms with E-state index < -0.39 is 15.9 Å². The van der Waals surface area contributed by atoms with Crippen molar-refractivity contribution in [3.63, 3.8) is 0 Å². The molecule has 1 aliphatic heterocycles. The molecule has 0 radical (unpaired) electrons. The molecule has 1 heterocycles. The average Bonchev–Trinajstić information content (AvgIpc) is 2.59. The Morgan fingerprint density at radius 2 is 1.83 bits per heavy atom. The highest BCUT2D eigenvalue weighted by atomic mass is 32.2. The monoisotopic (exact) mass is 351 g/mol. The van der Waals surface area contributed by atoms with Gasteiger partial charge in [0.2, 0.25) is 21.8 Å². The first-order chi connectivity index (χ1) is 11.4. The van der Waals surface area contributed by atoms with Crippen molar-refractivity contribution in [3.8, 4) is 0 Å². The van der Waals surface area contributed by atoms with Crippen molar-refractivity contribution in [2.75, 3.05) is 19.6 Å².